The van der Waals surface area contributed by atoms with Crippen molar-refractivity contribution in [2.24, 2.45) is 0 Å². The van der Waals surface area contributed by atoms with Crippen LogP contribution in [0.4, 0.5) is 0 Å². The molecular formula is C18H20N6O3. The molecular weight excluding hydrogens is 348 g/mol. The quantitative estimate of drug-likeness (QED) is 0.606. The maximum Gasteiger partial charge on any atom is 0.160 e. The molecule has 0 aliphatic carbocycles. The van der Waals surface area contributed by atoms with E-state index in [2.05, 4.69) is 20.6 Å². The third-order valence-electron chi connectivity index (χ3n) is 4.26. The second kappa shape index (κ2) is 7.56. The second-order valence-corrected chi connectivity index (χ2v) is 6.48. The number of Topliss-reactive ketones (excluding diaryl/α,β-unsaturated/α-hetero) is 1. The van der Waals surface area contributed by atoms with Gasteiger partial charge < -0.3 is 9.47 Å². The predicted molar refractivity (Wildman–Crippen MR) is 94.4 cm³/mol. The van der Waals surface area contributed by atoms with Crippen LogP contribution in [0.15, 0.2) is 30.6 Å². The maximum atomic E-state index is 11.8. The molecule has 140 valence electrons. The van der Waals surface area contributed by atoms with E-state index in [1.807, 2.05) is 21.8 Å². The molecule has 3 aromatic rings. The lowest BCUT2D eigenvalue weighted by atomic mass is 10.1. The summed E-state index contributed by atoms with van der Waals surface area (Å²) < 4.78 is 15.2. The zero-order valence-electron chi connectivity index (χ0n) is 15.0. The lowest BCUT2D eigenvalue weighted by molar-refractivity contribution is 0.101. The molecule has 0 spiro atoms. The Hall–Kier alpha value is -3.23. The van der Waals surface area contributed by atoms with Gasteiger partial charge in [-0.2, -0.15) is 0 Å². The van der Waals surface area contributed by atoms with Gasteiger partial charge in [0, 0.05) is 24.7 Å². The van der Waals surface area contributed by atoms with E-state index in [-0.39, 0.29) is 19.0 Å². The molecule has 0 fully saturated rings. The zero-order valence-corrected chi connectivity index (χ0v) is 15.0. The number of rotatable bonds is 1. The average Bonchev–Trinajstić information content (AvgIpc) is 3.30. The number of aryl methyl sites for hydroxylation is 2. The molecule has 0 atom stereocenters. The van der Waals surface area contributed by atoms with Gasteiger partial charge in [-0.05, 0) is 31.9 Å². The third-order valence-corrected chi connectivity index (χ3v) is 4.26. The van der Waals surface area contributed by atoms with Crippen LogP contribution in [-0.4, -0.2) is 35.8 Å². The number of ketones is 1. The Balaban J connectivity index is 1.62. The fourth-order valence-corrected chi connectivity index (χ4v) is 2.83. The summed E-state index contributed by atoms with van der Waals surface area (Å²) in [4.78, 5) is 11.8. The molecule has 4 rings (SSSR count). The van der Waals surface area contributed by atoms with Crippen LogP contribution in [0, 0.1) is 0 Å². The predicted octanol–water partition coefficient (Wildman–Crippen LogP) is 2.02. The summed E-state index contributed by atoms with van der Waals surface area (Å²) in [7, 11) is 0. The average molecular weight is 368 g/mol. The van der Waals surface area contributed by atoms with Crippen LogP contribution in [0.1, 0.15) is 41.5 Å². The molecule has 2 aromatic heterocycles. The molecule has 0 unspecified atom stereocenters. The first-order valence-corrected chi connectivity index (χ1v) is 8.85. The highest BCUT2D eigenvalue weighted by Gasteiger charge is 2.10. The van der Waals surface area contributed by atoms with Crippen molar-refractivity contribution in [2.75, 3.05) is 0 Å². The first-order valence-electron chi connectivity index (χ1n) is 8.85. The fourth-order valence-electron chi connectivity index (χ4n) is 2.83. The van der Waals surface area contributed by atoms with Gasteiger partial charge in [-0.3, -0.25) is 14.2 Å². The van der Waals surface area contributed by atoms with Crippen molar-refractivity contribution in [3.8, 4) is 11.5 Å². The van der Waals surface area contributed by atoms with Crippen molar-refractivity contribution in [2.45, 2.75) is 46.1 Å². The van der Waals surface area contributed by atoms with Gasteiger partial charge in [-0.1, -0.05) is 10.4 Å². The third kappa shape index (κ3) is 4.30. The Kier molecular flexibility index (Phi) is 4.82. The van der Waals surface area contributed by atoms with Crippen molar-refractivity contribution in [1.29, 1.82) is 0 Å². The van der Waals surface area contributed by atoms with Gasteiger partial charge in [0.2, 0.25) is 0 Å². The summed E-state index contributed by atoms with van der Waals surface area (Å²) in [5, 5.41) is 16.5. The standard InChI is InChI=1S/C18H20N6O3/c1-13(25)14-6-17-8-18(7-14)27-12-16-10-24(22-20-16)5-3-2-4-23-9-15(11-26-17)19-21-23/h6-10H,2-5,11-12H2,1H3. The highest BCUT2D eigenvalue weighted by Crippen LogP contribution is 2.25. The molecule has 0 saturated heterocycles. The number of aromatic nitrogens is 6. The van der Waals surface area contributed by atoms with Gasteiger partial charge in [0.1, 0.15) is 36.1 Å². The van der Waals surface area contributed by atoms with Crippen LogP contribution in [0.5, 0.6) is 11.5 Å². The Morgan fingerprint density at radius 3 is 1.89 bits per heavy atom. The summed E-state index contributed by atoms with van der Waals surface area (Å²) in [6, 6.07) is 5.15. The van der Waals surface area contributed by atoms with Gasteiger partial charge in [0.25, 0.3) is 0 Å². The van der Waals surface area contributed by atoms with Crippen molar-refractivity contribution >= 4 is 5.78 Å². The van der Waals surface area contributed by atoms with E-state index in [1.165, 1.54) is 6.92 Å². The van der Waals surface area contributed by atoms with E-state index in [0.29, 0.717) is 17.1 Å². The largest absolute Gasteiger partial charge is 0.487 e. The smallest absolute Gasteiger partial charge is 0.160 e. The molecule has 1 aliphatic rings. The van der Waals surface area contributed by atoms with E-state index in [9.17, 15) is 4.79 Å². The van der Waals surface area contributed by atoms with E-state index in [1.54, 1.807) is 18.2 Å². The number of nitrogens with zero attached hydrogens (tertiary/aromatic N) is 6. The zero-order chi connectivity index (χ0) is 18.6. The molecule has 0 N–H and O–H groups in total. The summed E-state index contributed by atoms with van der Waals surface area (Å²) in [5.41, 5.74) is 1.98. The summed E-state index contributed by atoms with van der Waals surface area (Å²) in [6.07, 6.45) is 5.66. The van der Waals surface area contributed by atoms with Gasteiger partial charge in [-0.15, -0.1) is 10.2 Å². The SMILES string of the molecule is CC(=O)c1cc2cc(c1)OCc1cn(nn1)CCCCn1cc(nn1)CO2. The summed E-state index contributed by atoms with van der Waals surface area (Å²) >= 11 is 0. The number of fused-ring (bicyclic) bond motifs is 6. The first kappa shape index (κ1) is 17.2. The lowest BCUT2D eigenvalue weighted by Gasteiger charge is -2.10. The Morgan fingerprint density at radius 2 is 1.41 bits per heavy atom. The topological polar surface area (TPSA) is 97.0 Å². The van der Waals surface area contributed by atoms with Gasteiger partial charge >= 0.3 is 0 Å². The Labute approximate surface area is 155 Å². The Morgan fingerprint density at radius 1 is 0.889 bits per heavy atom. The molecule has 0 amide bonds. The van der Waals surface area contributed by atoms with Crippen molar-refractivity contribution in [1.82, 2.24) is 30.0 Å². The van der Waals surface area contributed by atoms with Gasteiger partial charge in [-0.25, -0.2) is 0 Å². The van der Waals surface area contributed by atoms with E-state index >= 15 is 0 Å². The number of ether oxygens (including phenoxy) is 2. The van der Waals surface area contributed by atoms with Crippen LogP contribution in [0.2, 0.25) is 0 Å². The highest BCUT2D eigenvalue weighted by molar-refractivity contribution is 5.94. The number of hydrogen-bond acceptors (Lipinski definition) is 7. The minimum absolute atomic E-state index is 0.0620. The van der Waals surface area contributed by atoms with E-state index in [4.69, 9.17) is 9.47 Å². The molecule has 6 bridgehead atoms. The number of carbonyl (C=O) groups excluding carboxylic acids is 1. The van der Waals surface area contributed by atoms with E-state index in [0.717, 1.165) is 37.3 Å². The molecule has 3 heterocycles. The van der Waals surface area contributed by atoms with E-state index < -0.39 is 0 Å². The van der Waals surface area contributed by atoms with Crippen LogP contribution >= 0.6 is 0 Å². The molecule has 27 heavy (non-hydrogen) atoms. The number of benzene rings is 1. The fraction of sp³-hybridized carbons (Fsp3) is 0.389. The molecule has 0 saturated carbocycles. The van der Waals surface area contributed by atoms with Crippen molar-refractivity contribution in [3.05, 3.63) is 47.5 Å². The minimum Gasteiger partial charge on any atom is -0.487 e. The van der Waals surface area contributed by atoms with Crippen molar-refractivity contribution in [3.63, 3.8) is 0 Å². The Bertz CT molecular complexity index is 882. The normalized spacial score (nSPS) is 14.7. The summed E-state index contributed by atoms with van der Waals surface area (Å²) in [6.45, 7) is 3.61. The van der Waals surface area contributed by atoms with Crippen LogP contribution in [0.3, 0.4) is 0 Å². The molecule has 9 heteroatoms. The second-order valence-electron chi connectivity index (χ2n) is 6.48. The van der Waals surface area contributed by atoms with Crippen LogP contribution < -0.4 is 9.47 Å². The maximum absolute atomic E-state index is 11.8. The lowest BCUT2D eigenvalue weighted by Crippen LogP contribution is -2.03. The molecule has 1 aliphatic heterocycles. The number of carbonyl (C=O) groups is 1. The molecule has 0 radical (unpaired) electrons. The van der Waals surface area contributed by atoms with Crippen molar-refractivity contribution < 1.29 is 14.3 Å². The van der Waals surface area contributed by atoms with Crippen LogP contribution in [-0.2, 0) is 26.3 Å². The molecule has 1 aromatic carbocycles. The molecule has 9 nitrogen and oxygen atoms in total. The highest BCUT2D eigenvalue weighted by atomic mass is 16.5. The number of hydrogen-bond donors (Lipinski definition) is 0. The monoisotopic (exact) mass is 368 g/mol. The minimum atomic E-state index is -0.0620. The summed E-state index contributed by atoms with van der Waals surface area (Å²) in [5.74, 6) is 1.02. The van der Waals surface area contributed by atoms with Gasteiger partial charge in [0.15, 0.2) is 5.78 Å². The van der Waals surface area contributed by atoms with Gasteiger partial charge in [0.05, 0.1) is 12.4 Å². The van der Waals surface area contributed by atoms with Crippen LogP contribution in [0.25, 0.3) is 0 Å². The first-order chi connectivity index (χ1) is 13.2.